The molecule has 5 nitrogen and oxygen atoms in total. The summed E-state index contributed by atoms with van der Waals surface area (Å²) in [5.74, 6) is 2.24. The Morgan fingerprint density at radius 3 is 2.76 bits per heavy atom. The molecule has 1 aromatic rings. The van der Waals surface area contributed by atoms with Gasteiger partial charge in [-0.2, -0.15) is 0 Å². The molecule has 0 radical (unpaired) electrons. The Bertz CT molecular complexity index is 436. The third-order valence-electron chi connectivity index (χ3n) is 3.86. The van der Waals surface area contributed by atoms with Crippen LogP contribution in [0.3, 0.4) is 0 Å². The standard InChI is InChI=1S/C15H25N3O2S/c1-12-14(13(2)20-17-12)10-21-11-15(19)16-6-9-18-7-4-3-5-8-18/h3-11H2,1-2H3,(H,16,19). The molecule has 6 heteroatoms. The van der Waals surface area contributed by atoms with Crippen molar-refractivity contribution < 1.29 is 9.32 Å². The van der Waals surface area contributed by atoms with E-state index in [1.54, 1.807) is 11.8 Å². The molecule has 1 saturated heterocycles. The number of carbonyl (C=O) groups is 1. The minimum absolute atomic E-state index is 0.115. The lowest BCUT2D eigenvalue weighted by Crippen LogP contribution is -2.38. The van der Waals surface area contributed by atoms with Gasteiger partial charge in [-0.25, -0.2) is 0 Å². The van der Waals surface area contributed by atoms with Crippen LogP contribution in [0, 0.1) is 13.8 Å². The molecule has 2 rings (SSSR count). The van der Waals surface area contributed by atoms with Crippen molar-refractivity contribution in [2.75, 3.05) is 31.9 Å². The molecule has 0 spiro atoms. The molecule has 1 aliphatic heterocycles. The monoisotopic (exact) mass is 311 g/mol. The molecule has 0 aromatic carbocycles. The molecule has 0 aliphatic carbocycles. The lowest BCUT2D eigenvalue weighted by molar-refractivity contribution is -0.118. The molecule has 2 heterocycles. The Kier molecular flexibility index (Phi) is 6.57. The maximum Gasteiger partial charge on any atom is 0.230 e. The van der Waals surface area contributed by atoms with E-state index in [1.807, 2.05) is 13.8 Å². The summed E-state index contributed by atoms with van der Waals surface area (Å²) in [5, 5.41) is 6.92. The number of aryl methyl sites for hydroxylation is 2. The molecule has 1 aromatic heterocycles. The van der Waals surface area contributed by atoms with E-state index in [0.717, 1.165) is 35.9 Å². The van der Waals surface area contributed by atoms with Crippen LogP contribution in [-0.4, -0.2) is 47.9 Å². The number of piperidine rings is 1. The van der Waals surface area contributed by atoms with Crippen LogP contribution in [0.2, 0.25) is 0 Å². The first kappa shape index (κ1) is 16.4. The topological polar surface area (TPSA) is 58.4 Å². The van der Waals surface area contributed by atoms with Crippen molar-refractivity contribution in [2.24, 2.45) is 0 Å². The van der Waals surface area contributed by atoms with E-state index in [1.165, 1.54) is 32.4 Å². The molecule has 1 amide bonds. The first-order chi connectivity index (χ1) is 10.2. The summed E-state index contributed by atoms with van der Waals surface area (Å²) in [6, 6.07) is 0. The molecule has 1 aliphatic rings. The largest absolute Gasteiger partial charge is 0.361 e. The Hall–Kier alpha value is -1.01. The van der Waals surface area contributed by atoms with Gasteiger partial charge in [0.15, 0.2) is 0 Å². The van der Waals surface area contributed by atoms with Gasteiger partial charge in [-0.3, -0.25) is 4.79 Å². The second-order valence-corrected chi connectivity index (χ2v) is 6.53. The predicted octanol–water partition coefficient (Wildman–Crippen LogP) is 2.13. The molecular formula is C15H25N3O2S. The van der Waals surface area contributed by atoms with Crippen molar-refractivity contribution in [2.45, 2.75) is 38.9 Å². The van der Waals surface area contributed by atoms with Crippen LogP contribution in [0.4, 0.5) is 0 Å². The summed E-state index contributed by atoms with van der Waals surface area (Å²) in [5.41, 5.74) is 2.03. The lowest BCUT2D eigenvalue weighted by atomic mass is 10.1. The highest BCUT2D eigenvalue weighted by atomic mass is 32.2. The average molecular weight is 311 g/mol. The molecule has 118 valence electrons. The second-order valence-electron chi connectivity index (χ2n) is 5.55. The number of rotatable bonds is 7. The fourth-order valence-electron chi connectivity index (χ4n) is 2.54. The minimum Gasteiger partial charge on any atom is -0.361 e. The SMILES string of the molecule is Cc1noc(C)c1CSCC(=O)NCCN1CCCCC1. The van der Waals surface area contributed by atoms with E-state index in [2.05, 4.69) is 15.4 Å². The Morgan fingerprint density at radius 2 is 2.10 bits per heavy atom. The minimum atomic E-state index is 0.115. The zero-order chi connectivity index (χ0) is 15.1. The molecule has 21 heavy (non-hydrogen) atoms. The Labute approximate surface area is 130 Å². The van der Waals surface area contributed by atoms with E-state index < -0.39 is 0 Å². The first-order valence-electron chi connectivity index (χ1n) is 7.65. The van der Waals surface area contributed by atoms with E-state index in [4.69, 9.17) is 4.52 Å². The smallest absolute Gasteiger partial charge is 0.230 e. The van der Waals surface area contributed by atoms with Crippen molar-refractivity contribution in [1.29, 1.82) is 0 Å². The van der Waals surface area contributed by atoms with Crippen molar-refractivity contribution in [3.05, 3.63) is 17.0 Å². The van der Waals surface area contributed by atoms with Crippen LogP contribution in [-0.2, 0) is 10.5 Å². The van der Waals surface area contributed by atoms with Crippen LogP contribution < -0.4 is 5.32 Å². The zero-order valence-electron chi connectivity index (χ0n) is 13.0. The number of hydrogen-bond donors (Lipinski definition) is 1. The number of aromatic nitrogens is 1. The Balaban J connectivity index is 1.57. The number of hydrogen-bond acceptors (Lipinski definition) is 5. The van der Waals surface area contributed by atoms with Gasteiger partial charge in [-0.1, -0.05) is 11.6 Å². The zero-order valence-corrected chi connectivity index (χ0v) is 13.8. The number of thioether (sulfide) groups is 1. The first-order valence-corrected chi connectivity index (χ1v) is 8.81. The normalized spacial score (nSPS) is 16.1. The quantitative estimate of drug-likeness (QED) is 0.836. The van der Waals surface area contributed by atoms with Gasteiger partial charge < -0.3 is 14.7 Å². The second kappa shape index (κ2) is 8.44. The van der Waals surface area contributed by atoms with Gasteiger partial charge in [-0.05, 0) is 39.8 Å². The van der Waals surface area contributed by atoms with Crippen molar-refractivity contribution in [3.8, 4) is 0 Å². The average Bonchev–Trinajstić information content (AvgIpc) is 2.80. The van der Waals surface area contributed by atoms with Crippen LogP contribution >= 0.6 is 11.8 Å². The molecule has 0 bridgehead atoms. The van der Waals surface area contributed by atoms with Gasteiger partial charge in [0.2, 0.25) is 5.91 Å². The molecular weight excluding hydrogens is 286 g/mol. The van der Waals surface area contributed by atoms with Crippen LogP contribution in [0.1, 0.15) is 36.3 Å². The van der Waals surface area contributed by atoms with Crippen molar-refractivity contribution >= 4 is 17.7 Å². The number of nitrogens with one attached hydrogen (secondary N) is 1. The third-order valence-corrected chi connectivity index (χ3v) is 4.82. The summed E-state index contributed by atoms with van der Waals surface area (Å²) in [4.78, 5) is 14.2. The number of nitrogens with zero attached hydrogens (tertiary/aromatic N) is 2. The summed E-state index contributed by atoms with van der Waals surface area (Å²) in [6.07, 6.45) is 3.93. The number of amides is 1. The van der Waals surface area contributed by atoms with Gasteiger partial charge in [0.1, 0.15) is 5.76 Å². The maximum atomic E-state index is 11.8. The number of likely N-dealkylation sites (tertiary alicyclic amines) is 1. The fourth-order valence-corrected chi connectivity index (χ4v) is 3.55. The highest BCUT2D eigenvalue weighted by Gasteiger charge is 2.11. The van der Waals surface area contributed by atoms with E-state index in [-0.39, 0.29) is 5.91 Å². The molecule has 1 fully saturated rings. The van der Waals surface area contributed by atoms with E-state index in [0.29, 0.717) is 5.75 Å². The Morgan fingerprint density at radius 1 is 1.33 bits per heavy atom. The van der Waals surface area contributed by atoms with Crippen molar-refractivity contribution in [1.82, 2.24) is 15.4 Å². The molecule has 0 saturated carbocycles. The highest BCUT2D eigenvalue weighted by Crippen LogP contribution is 2.19. The summed E-state index contributed by atoms with van der Waals surface area (Å²) in [7, 11) is 0. The summed E-state index contributed by atoms with van der Waals surface area (Å²) in [6.45, 7) is 7.93. The van der Waals surface area contributed by atoms with E-state index >= 15 is 0 Å². The van der Waals surface area contributed by atoms with Gasteiger partial charge >= 0.3 is 0 Å². The maximum absolute atomic E-state index is 11.8. The van der Waals surface area contributed by atoms with Gasteiger partial charge in [0.05, 0.1) is 11.4 Å². The van der Waals surface area contributed by atoms with Crippen LogP contribution in [0.5, 0.6) is 0 Å². The predicted molar refractivity (Wildman–Crippen MR) is 85.4 cm³/mol. The lowest BCUT2D eigenvalue weighted by Gasteiger charge is -2.26. The molecule has 0 unspecified atom stereocenters. The summed E-state index contributed by atoms with van der Waals surface area (Å²) >= 11 is 1.61. The van der Waals surface area contributed by atoms with Crippen molar-refractivity contribution in [3.63, 3.8) is 0 Å². The van der Waals surface area contributed by atoms with Gasteiger partial charge in [0.25, 0.3) is 0 Å². The highest BCUT2D eigenvalue weighted by molar-refractivity contribution is 7.99. The van der Waals surface area contributed by atoms with E-state index in [9.17, 15) is 4.79 Å². The fraction of sp³-hybridized carbons (Fsp3) is 0.733. The molecule has 0 atom stereocenters. The van der Waals surface area contributed by atoms with Crippen LogP contribution in [0.15, 0.2) is 4.52 Å². The summed E-state index contributed by atoms with van der Waals surface area (Å²) < 4.78 is 5.12. The number of carbonyl (C=O) groups excluding carboxylic acids is 1. The third kappa shape index (κ3) is 5.36. The van der Waals surface area contributed by atoms with Crippen LogP contribution in [0.25, 0.3) is 0 Å². The molecule has 1 N–H and O–H groups in total. The van der Waals surface area contributed by atoms with Gasteiger partial charge in [-0.15, -0.1) is 11.8 Å². The van der Waals surface area contributed by atoms with Gasteiger partial charge in [0, 0.05) is 24.4 Å².